The number of benzene rings is 1. The van der Waals surface area contributed by atoms with E-state index in [0.29, 0.717) is 19.7 Å². The first-order valence-electron chi connectivity index (χ1n) is 8.43. The van der Waals surface area contributed by atoms with Crippen LogP contribution in [0.2, 0.25) is 0 Å². The minimum Gasteiger partial charge on any atom is -0.370 e. The number of piperidine rings is 1. The smallest absolute Gasteiger partial charge is 0.322 e. The first kappa shape index (κ1) is 17.8. The molecule has 2 heterocycles. The normalized spacial score (nSPS) is 16.8. The van der Waals surface area contributed by atoms with Gasteiger partial charge in [-0.25, -0.2) is 9.18 Å². The number of rotatable bonds is 4. The summed E-state index contributed by atoms with van der Waals surface area (Å²) in [6, 6.07) is 11.1. The van der Waals surface area contributed by atoms with Gasteiger partial charge in [0.25, 0.3) is 0 Å². The van der Waals surface area contributed by atoms with Crippen molar-refractivity contribution in [2.75, 3.05) is 18.4 Å². The first-order valence-corrected chi connectivity index (χ1v) is 8.43. The standard InChI is InChI=1S/C19H19FN4O2/c20-17-10-14(11-21)6-7-18(17)23-19(25)24-9-3-5-16(12-24)26-13-15-4-1-2-8-22-15/h1-2,4,6-8,10,16H,3,5,9,12-13H2,(H,23,25)/t16-/m1/s1. The summed E-state index contributed by atoms with van der Waals surface area (Å²) >= 11 is 0. The lowest BCUT2D eigenvalue weighted by Gasteiger charge is -2.32. The van der Waals surface area contributed by atoms with Crippen LogP contribution < -0.4 is 5.32 Å². The number of pyridine rings is 1. The minimum absolute atomic E-state index is 0.0607. The SMILES string of the molecule is N#Cc1ccc(NC(=O)N2CCC[C@@H](OCc3ccccn3)C2)c(F)c1. The fraction of sp³-hybridized carbons (Fsp3) is 0.316. The minimum atomic E-state index is -0.627. The molecule has 0 spiro atoms. The number of nitrogens with zero attached hydrogens (tertiary/aromatic N) is 3. The van der Waals surface area contributed by atoms with E-state index < -0.39 is 5.82 Å². The summed E-state index contributed by atoms with van der Waals surface area (Å²) in [6.07, 6.45) is 3.31. The Bertz CT molecular complexity index is 807. The van der Waals surface area contributed by atoms with Crippen LogP contribution in [0.4, 0.5) is 14.9 Å². The summed E-state index contributed by atoms with van der Waals surface area (Å²) in [4.78, 5) is 18.2. The number of urea groups is 1. The molecule has 1 saturated heterocycles. The topological polar surface area (TPSA) is 78.2 Å². The number of aromatic nitrogens is 1. The lowest BCUT2D eigenvalue weighted by Crippen LogP contribution is -2.45. The van der Waals surface area contributed by atoms with E-state index in [1.165, 1.54) is 12.1 Å². The molecule has 1 N–H and O–H groups in total. The van der Waals surface area contributed by atoms with Crippen molar-refractivity contribution < 1.29 is 13.9 Å². The summed E-state index contributed by atoms with van der Waals surface area (Å²) in [7, 11) is 0. The van der Waals surface area contributed by atoms with Gasteiger partial charge in [-0.2, -0.15) is 5.26 Å². The average Bonchev–Trinajstić information content (AvgIpc) is 2.69. The van der Waals surface area contributed by atoms with E-state index in [0.717, 1.165) is 24.6 Å². The molecule has 26 heavy (non-hydrogen) atoms. The molecule has 3 rings (SSSR count). The number of carbonyl (C=O) groups excluding carboxylic acids is 1. The van der Waals surface area contributed by atoms with Gasteiger partial charge in [-0.3, -0.25) is 4.98 Å². The fourth-order valence-corrected chi connectivity index (χ4v) is 2.83. The molecule has 1 aliphatic rings. The molecule has 7 heteroatoms. The van der Waals surface area contributed by atoms with Crippen LogP contribution in [0.3, 0.4) is 0 Å². The monoisotopic (exact) mass is 354 g/mol. The van der Waals surface area contributed by atoms with Gasteiger partial charge in [0.05, 0.1) is 35.7 Å². The van der Waals surface area contributed by atoms with Crippen molar-refractivity contribution in [1.82, 2.24) is 9.88 Å². The van der Waals surface area contributed by atoms with E-state index in [-0.39, 0.29) is 23.4 Å². The Labute approximate surface area is 151 Å². The maximum atomic E-state index is 13.9. The van der Waals surface area contributed by atoms with Crippen molar-refractivity contribution in [3.05, 3.63) is 59.7 Å². The maximum Gasteiger partial charge on any atom is 0.322 e. The number of anilines is 1. The fourth-order valence-electron chi connectivity index (χ4n) is 2.83. The number of hydrogen-bond acceptors (Lipinski definition) is 4. The van der Waals surface area contributed by atoms with E-state index in [9.17, 15) is 9.18 Å². The second kappa shape index (κ2) is 8.41. The third kappa shape index (κ3) is 4.55. The van der Waals surface area contributed by atoms with Crippen molar-refractivity contribution in [1.29, 1.82) is 5.26 Å². The number of nitriles is 1. The highest BCUT2D eigenvalue weighted by molar-refractivity contribution is 5.89. The Morgan fingerprint density at radius 3 is 3.04 bits per heavy atom. The van der Waals surface area contributed by atoms with Crippen LogP contribution in [0.15, 0.2) is 42.6 Å². The quantitative estimate of drug-likeness (QED) is 0.914. The number of hydrogen-bond donors (Lipinski definition) is 1. The zero-order chi connectivity index (χ0) is 18.4. The zero-order valence-electron chi connectivity index (χ0n) is 14.2. The highest BCUT2D eigenvalue weighted by Crippen LogP contribution is 2.19. The molecule has 2 amide bonds. The Hall–Kier alpha value is -2.98. The molecule has 1 aromatic carbocycles. The van der Waals surface area contributed by atoms with E-state index in [1.54, 1.807) is 11.1 Å². The number of amides is 2. The maximum absolute atomic E-state index is 13.9. The van der Waals surface area contributed by atoms with Gasteiger partial charge in [0.2, 0.25) is 0 Å². The first-order chi connectivity index (χ1) is 12.7. The predicted molar refractivity (Wildman–Crippen MR) is 93.8 cm³/mol. The van der Waals surface area contributed by atoms with Crippen molar-refractivity contribution in [2.24, 2.45) is 0 Å². The Morgan fingerprint density at radius 1 is 1.42 bits per heavy atom. The number of carbonyl (C=O) groups is 1. The molecule has 1 aliphatic heterocycles. The van der Waals surface area contributed by atoms with Crippen molar-refractivity contribution in [2.45, 2.75) is 25.6 Å². The Morgan fingerprint density at radius 2 is 2.31 bits per heavy atom. The third-order valence-electron chi connectivity index (χ3n) is 4.20. The molecule has 0 bridgehead atoms. The van der Waals surface area contributed by atoms with Crippen LogP contribution in [0.5, 0.6) is 0 Å². The molecule has 0 saturated carbocycles. The molecular weight excluding hydrogens is 335 g/mol. The van der Waals surface area contributed by atoms with Crippen LogP contribution in [0.25, 0.3) is 0 Å². The molecule has 1 aromatic heterocycles. The highest BCUT2D eigenvalue weighted by atomic mass is 19.1. The Balaban J connectivity index is 1.55. The van der Waals surface area contributed by atoms with Crippen molar-refractivity contribution in [3.63, 3.8) is 0 Å². The molecule has 6 nitrogen and oxygen atoms in total. The second-order valence-electron chi connectivity index (χ2n) is 6.08. The molecule has 1 fully saturated rings. The summed E-state index contributed by atoms with van der Waals surface area (Å²) in [6.45, 7) is 1.43. The van der Waals surface area contributed by atoms with Gasteiger partial charge in [0, 0.05) is 19.3 Å². The van der Waals surface area contributed by atoms with Gasteiger partial charge in [0.15, 0.2) is 0 Å². The summed E-state index contributed by atoms with van der Waals surface area (Å²) in [5.74, 6) is -0.627. The van der Waals surface area contributed by atoms with E-state index in [1.807, 2.05) is 24.3 Å². The average molecular weight is 354 g/mol. The molecule has 0 aliphatic carbocycles. The van der Waals surface area contributed by atoms with Gasteiger partial charge in [-0.15, -0.1) is 0 Å². The van der Waals surface area contributed by atoms with Gasteiger partial charge < -0.3 is 15.0 Å². The van der Waals surface area contributed by atoms with Crippen molar-refractivity contribution >= 4 is 11.7 Å². The largest absolute Gasteiger partial charge is 0.370 e. The molecule has 0 unspecified atom stereocenters. The van der Waals surface area contributed by atoms with E-state index in [2.05, 4.69) is 10.3 Å². The summed E-state index contributed by atoms with van der Waals surface area (Å²) in [5.41, 5.74) is 1.11. The summed E-state index contributed by atoms with van der Waals surface area (Å²) < 4.78 is 19.8. The second-order valence-corrected chi connectivity index (χ2v) is 6.08. The van der Waals surface area contributed by atoms with Crippen LogP contribution in [0.1, 0.15) is 24.1 Å². The van der Waals surface area contributed by atoms with Crippen LogP contribution in [-0.2, 0) is 11.3 Å². The van der Waals surface area contributed by atoms with Gasteiger partial charge >= 0.3 is 6.03 Å². The molecule has 0 radical (unpaired) electrons. The summed E-state index contributed by atoms with van der Waals surface area (Å²) in [5, 5.41) is 11.3. The number of nitrogens with one attached hydrogen (secondary N) is 1. The number of ether oxygens (including phenoxy) is 1. The van der Waals surface area contributed by atoms with Crippen LogP contribution in [0, 0.1) is 17.1 Å². The Kier molecular flexibility index (Phi) is 5.77. The van der Waals surface area contributed by atoms with Gasteiger partial charge in [0.1, 0.15) is 5.82 Å². The van der Waals surface area contributed by atoms with E-state index >= 15 is 0 Å². The molecular formula is C19H19FN4O2. The molecule has 2 aromatic rings. The highest BCUT2D eigenvalue weighted by Gasteiger charge is 2.25. The third-order valence-corrected chi connectivity index (χ3v) is 4.20. The van der Waals surface area contributed by atoms with Crippen LogP contribution in [-0.4, -0.2) is 35.1 Å². The lowest BCUT2D eigenvalue weighted by atomic mass is 10.1. The predicted octanol–water partition coefficient (Wildman–Crippen LogP) is 3.31. The number of likely N-dealkylation sites (tertiary alicyclic amines) is 1. The molecule has 1 atom stereocenters. The molecule has 134 valence electrons. The number of halogens is 1. The van der Waals surface area contributed by atoms with Gasteiger partial charge in [-0.1, -0.05) is 6.07 Å². The van der Waals surface area contributed by atoms with Crippen LogP contribution >= 0.6 is 0 Å². The van der Waals surface area contributed by atoms with Gasteiger partial charge in [-0.05, 0) is 43.2 Å². The lowest BCUT2D eigenvalue weighted by molar-refractivity contribution is -0.000330. The van der Waals surface area contributed by atoms with Crippen molar-refractivity contribution in [3.8, 4) is 6.07 Å². The zero-order valence-corrected chi connectivity index (χ0v) is 14.2. The van der Waals surface area contributed by atoms with E-state index in [4.69, 9.17) is 10.00 Å².